The van der Waals surface area contributed by atoms with Crippen molar-refractivity contribution in [3.63, 3.8) is 0 Å². The fourth-order valence-corrected chi connectivity index (χ4v) is 2.54. The highest BCUT2D eigenvalue weighted by molar-refractivity contribution is 6.32. The lowest BCUT2D eigenvalue weighted by Gasteiger charge is -2.12. The fraction of sp³-hybridized carbons (Fsp3) is 0.111. The van der Waals surface area contributed by atoms with Gasteiger partial charge >= 0.3 is 12.0 Å². The van der Waals surface area contributed by atoms with Crippen molar-refractivity contribution in [3.05, 3.63) is 63.6 Å². The van der Waals surface area contributed by atoms with Crippen molar-refractivity contribution >= 4 is 41.3 Å². The van der Waals surface area contributed by atoms with Crippen LogP contribution >= 0.6 is 23.2 Å². The van der Waals surface area contributed by atoms with Gasteiger partial charge in [-0.1, -0.05) is 35.3 Å². The first-order chi connectivity index (χ1) is 12.4. The van der Waals surface area contributed by atoms with Crippen LogP contribution < -0.4 is 20.5 Å². The van der Waals surface area contributed by atoms with E-state index in [0.717, 1.165) is 5.56 Å². The number of hydrogen-bond acceptors (Lipinski definition) is 4. The van der Waals surface area contributed by atoms with E-state index in [1.807, 2.05) is 0 Å². The molecule has 0 aliphatic carbocycles. The van der Waals surface area contributed by atoms with Gasteiger partial charge in [0.2, 0.25) is 0 Å². The molecular weight excluding hydrogens is 379 g/mol. The summed E-state index contributed by atoms with van der Waals surface area (Å²) >= 11 is 12.1. The van der Waals surface area contributed by atoms with Crippen LogP contribution in [-0.2, 0) is 11.3 Å². The lowest BCUT2D eigenvalue weighted by atomic mass is 10.2. The highest BCUT2D eigenvalue weighted by atomic mass is 35.5. The van der Waals surface area contributed by atoms with E-state index in [4.69, 9.17) is 38.4 Å². The van der Waals surface area contributed by atoms with E-state index in [0.29, 0.717) is 10.6 Å². The number of methoxy groups -OCH3 is 1. The minimum atomic E-state index is -0.665. The molecule has 3 N–H and O–H groups in total. The van der Waals surface area contributed by atoms with E-state index >= 15 is 0 Å². The summed E-state index contributed by atoms with van der Waals surface area (Å²) in [7, 11) is 1.41. The largest absolute Gasteiger partial charge is 0.493 e. The predicted octanol–water partition coefficient (Wildman–Crippen LogP) is 3.79. The molecular formula is C18H16Cl2N2O4. The van der Waals surface area contributed by atoms with Crippen LogP contribution in [0.25, 0.3) is 6.08 Å². The van der Waals surface area contributed by atoms with Gasteiger partial charge in [-0.2, -0.15) is 0 Å². The Balaban J connectivity index is 2.14. The van der Waals surface area contributed by atoms with Gasteiger partial charge in [0.1, 0.15) is 0 Å². The monoisotopic (exact) mass is 394 g/mol. The Morgan fingerprint density at radius 2 is 2.00 bits per heavy atom. The Morgan fingerprint density at radius 3 is 2.65 bits per heavy atom. The van der Waals surface area contributed by atoms with Gasteiger partial charge < -0.3 is 20.5 Å². The van der Waals surface area contributed by atoms with Gasteiger partial charge in [0, 0.05) is 17.6 Å². The molecule has 0 heterocycles. The molecule has 0 spiro atoms. The highest BCUT2D eigenvalue weighted by Gasteiger charge is 2.15. The first-order valence-electron chi connectivity index (χ1n) is 7.44. The lowest BCUT2D eigenvalue weighted by molar-refractivity contribution is -0.129. The molecule has 2 aromatic rings. The normalized spacial score (nSPS) is 10.6. The van der Waals surface area contributed by atoms with E-state index in [-0.39, 0.29) is 23.1 Å². The molecule has 136 valence electrons. The predicted molar refractivity (Wildman–Crippen MR) is 101 cm³/mol. The van der Waals surface area contributed by atoms with E-state index in [9.17, 15) is 9.59 Å². The molecule has 0 aliphatic rings. The van der Waals surface area contributed by atoms with Crippen LogP contribution in [0.3, 0.4) is 0 Å². The topological polar surface area (TPSA) is 90.7 Å². The molecule has 0 aromatic heterocycles. The SMILES string of the molecule is COc1cc(CNC(N)=O)cc(Cl)c1OC(=O)/C=C/c1cccc(Cl)c1. The number of esters is 1. The molecule has 26 heavy (non-hydrogen) atoms. The van der Waals surface area contributed by atoms with Crippen LogP contribution in [-0.4, -0.2) is 19.1 Å². The average molecular weight is 395 g/mol. The van der Waals surface area contributed by atoms with E-state index < -0.39 is 12.0 Å². The van der Waals surface area contributed by atoms with Crippen molar-refractivity contribution in [1.29, 1.82) is 0 Å². The van der Waals surface area contributed by atoms with E-state index in [1.165, 1.54) is 13.2 Å². The number of benzene rings is 2. The minimum Gasteiger partial charge on any atom is -0.493 e. The molecule has 2 aromatic carbocycles. The molecule has 2 rings (SSSR count). The van der Waals surface area contributed by atoms with Gasteiger partial charge in [0.05, 0.1) is 12.1 Å². The van der Waals surface area contributed by atoms with Crippen molar-refractivity contribution in [1.82, 2.24) is 5.32 Å². The minimum absolute atomic E-state index is 0.0812. The first-order valence-corrected chi connectivity index (χ1v) is 8.20. The maximum Gasteiger partial charge on any atom is 0.336 e. The number of carbonyl (C=O) groups excluding carboxylic acids is 2. The molecule has 0 bridgehead atoms. The standard InChI is InChI=1S/C18H16Cl2N2O4/c1-25-15-9-12(10-22-18(21)24)8-14(20)17(15)26-16(23)6-5-11-3-2-4-13(19)7-11/h2-9H,10H2,1H3,(H3,21,22,24)/b6-5+. The lowest BCUT2D eigenvalue weighted by Crippen LogP contribution is -2.28. The summed E-state index contributed by atoms with van der Waals surface area (Å²) in [4.78, 5) is 22.9. The third kappa shape index (κ3) is 5.68. The molecule has 0 saturated carbocycles. The number of hydrogen-bond donors (Lipinski definition) is 2. The van der Waals surface area contributed by atoms with Crippen LogP contribution in [0.1, 0.15) is 11.1 Å². The Morgan fingerprint density at radius 1 is 1.23 bits per heavy atom. The Hall–Kier alpha value is -2.70. The zero-order chi connectivity index (χ0) is 19.1. The van der Waals surface area contributed by atoms with Crippen LogP contribution in [0, 0.1) is 0 Å². The Kier molecular flexibility index (Phi) is 6.89. The maximum atomic E-state index is 12.1. The molecule has 2 amide bonds. The highest BCUT2D eigenvalue weighted by Crippen LogP contribution is 2.36. The fourth-order valence-electron chi connectivity index (χ4n) is 2.07. The number of amides is 2. The molecule has 0 aliphatic heterocycles. The quantitative estimate of drug-likeness (QED) is 0.442. The van der Waals surface area contributed by atoms with Crippen molar-refractivity contribution in [2.24, 2.45) is 5.73 Å². The maximum absolute atomic E-state index is 12.1. The third-order valence-corrected chi connectivity index (χ3v) is 3.74. The number of nitrogens with two attached hydrogens (primary N) is 1. The van der Waals surface area contributed by atoms with Gasteiger partial charge in [-0.15, -0.1) is 0 Å². The van der Waals surface area contributed by atoms with Crippen LogP contribution in [0.2, 0.25) is 10.0 Å². The number of urea groups is 1. The summed E-state index contributed by atoms with van der Waals surface area (Å²) in [6.07, 6.45) is 2.82. The van der Waals surface area contributed by atoms with Crippen molar-refractivity contribution in [2.75, 3.05) is 7.11 Å². The molecule has 6 nitrogen and oxygen atoms in total. The smallest absolute Gasteiger partial charge is 0.336 e. The van der Waals surface area contributed by atoms with Crippen molar-refractivity contribution in [3.8, 4) is 11.5 Å². The Bertz CT molecular complexity index is 853. The summed E-state index contributed by atoms with van der Waals surface area (Å²) < 4.78 is 10.5. The molecule has 0 fully saturated rings. The summed E-state index contributed by atoms with van der Waals surface area (Å²) in [5.74, 6) is -0.297. The number of halogens is 2. The van der Waals surface area contributed by atoms with Crippen molar-refractivity contribution in [2.45, 2.75) is 6.54 Å². The van der Waals surface area contributed by atoms with Gasteiger partial charge in [-0.3, -0.25) is 0 Å². The second-order valence-corrected chi connectivity index (χ2v) is 5.98. The number of rotatable bonds is 6. The zero-order valence-electron chi connectivity index (χ0n) is 13.8. The summed E-state index contributed by atoms with van der Waals surface area (Å²) in [5.41, 5.74) is 6.42. The molecule has 0 radical (unpaired) electrons. The molecule has 0 unspecified atom stereocenters. The van der Waals surface area contributed by atoms with Gasteiger partial charge in [0.25, 0.3) is 0 Å². The summed E-state index contributed by atoms with van der Waals surface area (Å²) in [5, 5.41) is 3.16. The van der Waals surface area contributed by atoms with E-state index in [1.54, 1.807) is 42.5 Å². The van der Waals surface area contributed by atoms with Crippen LogP contribution in [0.5, 0.6) is 11.5 Å². The van der Waals surface area contributed by atoms with Gasteiger partial charge in [-0.05, 0) is 41.5 Å². The second kappa shape index (κ2) is 9.12. The summed E-state index contributed by atoms with van der Waals surface area (Å²) in [6.45, 7) is 0.161. The first kappa shape index (κ1) is 19.6. The molecule has 0 saturated heterocycles. The average Bonchev–Trinajstić information content (AvgIpc) is 2.60. The Labute approximate surface area is 160 Å². The van der Waals surface area contributed by atoms with Crippen LogP contribution in [0.15, 0.2) is 42.5 Å². The van der Waals surface area contributed by atoms with Gasteiger partial charge in [0.15, 0.2) is 11.5 Å². The van der Waals surface area contributed by atoms with Crippen molar-refractivity contribution < 1.29 is 19.1 Å². The molecule has 8 heteroatoms. The molecule has 0 atom stereocenters. The number of nitrogens with one attached hydrogen (secondary N) is 1. The van der Waals surface area contributed by atoms with Crippen LogP contribution in [0.4, 0.5) is 4.79 Å². The number of primary amides is 1. The van der Waals surface area contributed by atoms with Gasteiger partial charge in [-0.25, -0.2) is 9.59 Å². The van der Waals surface area contributed by atoms with E-state index in [2.05, 4.69) is 5.32 Å². The summed E-state index contributed by atoms with van der Waals surface area (Å²) in [6, 6.07) is 9.47. The second-order valence-electron chi connectivity index (χ2n) is 5.14. The number of ether oxygens (including phenoxy) is 2. The number of carbonyl (C=O) groups is 2. The zero-order valence-corrected chi connectivity index (χ0v) is 15.3. The third-order valence-electron chi connectivity index (χ3n) is 3.22.